The van der Waals surface area contributed by atoms with Gasteiger partial charge in [-0.15, -0.1) is 0 Å². The first kappa shape index (κ1) is 16.7. The Bertz CT molecular complexity index is 891. The molecule has 1 N–H and O–H groups in total. The van der Waals surface area contributed by atoms with E-state index in [9.17, 15) is 18.3 Å². The second-order valence-corrected chi connectivity index (χ2v) is 7.80. The van der Waals surface area contributed by atoms with Gasteiger partial charge < -0.3 is 5.11 Å². The SMILES string of the molecule is Cc1cc(C)c2c(c1)CC(=O)N([C@@H](CO)c1ccccc1)S2(=O)=O. The zero-order valence-corrected chi connectivity index (χ0v) is 14.4. The molecule has 1 aliphatic heterocycles. The van der Waals surface area contributed by atoms with E-state index in [1.165, 1.54) is 0 Å². The second-order valence-electron chi connectivity index (χ2n) is 6.05. The Kier molecular flexibility index (Phi) is 4.19. The smallest absolute Gasteiger partial charge is 0.267 e. The van der Waals surface area contributed by atoms with Crippen LogP contribution in [0.5, 0.6) is 0 Å². The molecule has 0 saturated carbocycles. The van der Waals surface area contributed by atoms with Crippen LogP contribution in [0.1, 0.15) is 28.3 Å². The van der Waals surface area contributed by atoms with E-state index in [4.69, 9.17) is 0 Å². The van der Waals surface area contributed by atoms with Crippen LogP contribution in [-0.2, 0) is 21.2 Å². The van der Waals surface area contributed by atoms with Crippen molar-refractivity contribution < 1.29 is 18.3 Å². The van der Waals surface area contributed by atoms with Gasteiger partial charge in [0, 0.05) is 0 Å². The minimum Gasteiger partial charge on any atom is -0.394 e. The highest BCUT2D eigenvalue weighted by atomic mass is 32.2. The van der Waals surface area contributed by atoms with Crippen molar-refractivity contribution in [2.45, 2.75) is 31.2 Å². The molecule has 6 heteroatoms. The molecule has 126 valence electrons. The monoisotopic (exact) mass is 345 g/mol. The number of benzene rings is 2. The number of rotatable bonds is 3. The standard InChI is InChI=1S/C18H19NO4S/c1-12-8-13(2)18-15(9-12)10-17(21)19(24(18,22)23)16(11-20)14-6-4-3-5-7-14/h3-9,16,20H,10-11H2,1-2H3/t16-/m0/s1. The fraction of sp³-hybridized carbons (Fsp3) is 0.278. The summed E-state index contributed by atoms with van der Waals surface area (Å²) in [6, 6.07) is 11.3. The molecule has 0 saturated heterocycles. The summed E-state index contributed by atoms with van der Waals surface area (Å²) in [7, 11) is -4.02. The third-order valence-electron chi connectivity index (χ3n) is 4.24. The van der Waals surface area contributed by atoms with Crippen LogP contribution in [0.4, 0.5) is 0 Å². The molecule has 1 aliphatic rings. The zero-order chi connectivity index (χ0) is 17.5. The van der Waals surface area contributed by atoms with Gasteiger partial charge in [0.1, 0.15) is 0 Å². The predicted octanol–water partition coefficient (Wildman–Crippen LogP) is 2.11. The molecular formula is C18H19NO4S. The van der Waals surface area contributed by atoms with Crippen LogP contribution in [0.15, 0.2) is 47.4 Å². The lowest BCUT2D eigenvalue weighted by molar-refractivity contribution is -0.128. The van der Waals surface area contributed by atoms with Gasteiger partial charge in [-0.2, -0.15) is 0 Å². The number of nitrogens with zero attached hydrogens (tertiary/aromatic N) is 1. The highest BCUT2D eigenvalue weighted by molar-refractivity contribution is 7.89. The quantitative estimate of drug-likeness (QED) is 0.924. The predicted molar refractivity (Wildman–Crippen MR) is 89.9 cm³/mol. The summed E-state index contributed by atoms with van der Waals surface area (Å²) in [5.74, 6) is -0.518. The number of hydrogen-bond acceptors (Lipinski definition) is 4. The van der Waals surface area contributed by atoms with Crippen molar-refractivity contribution >= 4 is 15.9 Å². The van der Waals surface area contributed by atoms with Crippen LogP contribution in [0.2, 0.25) is 0 Å². The van der Waals surface area contributed by atoms with Crippen LogP contribution in [0.3, 0.4) is 0 Å². The Morgan fingerprint density at radius 3 is 2.46 bits per heavy atom. The molecule has 0 unspecified atom stereocenters. The van der Waals surface area contributed by atoms with Crippen molar-refractivity contribution in [3.8, 4) is 0 Å². The van der Waals surface area contributed by atoms with Crippen LogP contribution < -0.4 is 0 Å². The maximum absolute atomic E-state index is 13.1. The van der Waals surface area contributed by atoms with Gasteiger partial charge in [0.15, 0.2) is 0 Å². The van der Waals surface area contributed by atoms with E-state index in [1.807, 2.05) is 6.92 Å². The Hall–Kier alpha value is -2.18. The molecule has 0 fully saturated rings. The fourth-order valence-corrected chi connectivity index (χ4v) is 5.33. The van der Waals surface area contributed by atoms with Gasteiger partial charge in [-0.3, -0.25) is 4.79 Å². The molecule has 0 aromatic heterocycles. The molecule has 3 rings (SSSR count). The molecule has 5 nitrogen and oxygen atoms in total. The van der Waals surface area contributed by atoms with Gasteiger partial charge in [0.2, 0.25) is 5.91 Å². The summed E-state index contributed by atoms with van der Waals surface area (Å²) in [5, 5.41) is 9.78. The number of amides is 1. The molecular weight excluding hydrogens is 326 g/mol. The van der Waals surface area contributed by atoms with Crippen molar-refractivity contribution in [3.05, 3.63) is 64.7 Å². The van der Waals surface area contributed by atoms with E-state index in [0.29, 0.717) is 16.7 Å². The number of fused-ring (bicyclic) bond motifs is 1. The molecule has 2 aromatic rings. The van der Waals surface area contributed by atoms with Crippen molar-refractivity contribution in [1.29, 1.82) is 0 Å². The van der Waals surface area contributed by atoms with Gasteiger partial charge in [0.05, 0.1) is 24.0 Å². The van der Waals surface area contributed by atoms with Crippen molar-refractivity contribution in [2.24, 2.45) is 0 Å². The normalized spacial score (nSPS) is 17.5. The van der Waals surface area contributed by atoms with Crippen molar-refractivity contribution in [1.82, 2.24) is 4.31 Å². The fourth-order valence-electron chi connectivity index (χ4n) is 3.35. The average Bonchev–Trinajstić information content (AvgIpc) is 2.50. The van der Waals surface area contributed by atoms with Gasteiger partial charge in [-0.05, 0) is 30.5 Å². The Morgan fingerprint density at radius 2 is 1.83 bits per heavy atom. The summed E-state index contributed by atoms with van der Waals surface area (Å²) in [6.45, 7) is 3.14. The van der Waals surface area contributed by atoms with Crippen LogP contribution in [-0.4, -0.2) is 30.3 Å². The zero-order valence-electron chi connectivity index (χ0n) is 13.6. The Balaban J connectivity index is 2.18. The lowest BCUT2D eigenvalue weighted by Gasteiger charge is -2.34. The number of carbonyl (C=O) groups is 1. The maximum atomic E-state index is 13.1. The van der Waals surface area contributed by atoms with Gasteiger partial charge in [0.25, 0.3) is 10.0 Å². The van der Waals surface area contributed by atoms with E-state index in [-0.39, 0.29) is 11.3 Å². The molecule has 24 heavy (non-hydrogen) atoms. The van der Waals surface area contributed by atoms with E-state index in [1.54, 1.807) is 49.4 Å². The molecule has 1 atom stereocenters. The number of aliphatic hydroxyl groups is 1. The first-order chi connectivity index (χ1) is 11.4. The number of carbonyl (C=O) groups excluding carboxylic acids is 1. The van der Waals surface area contributed by atoms with Gasteiger partial charge in [-0.25, -0.2) is 12.7 Å². The third kappa shape index (κ3) is 2.61. The third-order valence-corrected chi connectivity index (χ3v) is 6.32. The Labute approximate surface area is 141 Å². The highest BCUT2D eigenvalue weighted by Gasteiger charge is 2.42. The van der Waals surface area contributed by atoms with Crippen LogP contribution in [0, 0.1) is 13.8 Å². The second kappa shape index (κ2) is 6.03. The first-order valence-corrected chi connectivity index (χ1v) is 9.13. The molecule has 0 aliphatic carbocycles. The summed E-state index contributed by atoms with van der Waals surface area (Å²) in [4.78, 5) is 12.8. The summed E-state index contributed by atoms with van der Waals surface area (Å²) >= 11 is 0. The average molecular weight is 345 g/mol. The Morgan fingerprint density at radius 1 is 1.17 bits per heavy atom. The van der Waals surface area contributed by atoms with Crippen molar-refractivity contribution in [3.63, 3.8) is 0 Å². The van der Waals surface area contributed by atoms with E-state index >= 15 is 0 Å². The van der Waals surface area contributed by atoms with Crippen molar-refractivity contribution in [2.75, 3.05) is 6.61 Å². The molecule has 0 bridgehead atoms. The van der Waals surface area contributed by atoms with Gasteiger partial charge in [-0.1, -0.05) is 48.0 Å². The number of aryl methyl sites for hydroxylation is 2. The minimum absolute atomic E-state index is 0.0143. The minimum atomic E-state index is -4.02. The lowest BCUT2D eigenvalue weighted by atomic mass is 10.0. The molecule has 1 heterocycles. The molecule has 0 spiro atoms. The molecule has 1 amide bonds. The first-order valence-electron chi connectivity index (χ1n) is 7.69. The largest absolute Gasteiger partial charge is 0.394 e. The maximum Gasteiger partial charge on any atom is 0.267 e. The number of hydrogen-bond donors (Lipinski definition) is 1. The van der Waals surface area contributed by atoms with Crippen LogP contribution >= 0.6 is 0 Å². The summed E-state index contributed by atoms with van der Waals surface area (Å²) in [6.07, 6.45) is 0.0143. The van der Waals surface area contributed by atoms with E-state index < -0.39 is 28.6 Å². The van der Waals surface area contributed by atoms with Crippen LogP contribution in [0.25, 0.3) is 0 Å². The molecule has 0 radical (unpaired) electrons. The number of sulfonamides is 1. The van der Waals surface area contributed by atoms with Gasteiger partial charge >= 0.3 is 0 Å². The lowest BCUT2D eigenvalue weighted by Crippen LogP contribution is -2.45. The number of aliphatic hydroxyl groups excluding tert-OH is 1. The summed E-state index contributed by atoms with van der Waals surface area (Å²) < 4.78 is 27.1. The topological polar surface area (TPSA) is 74.7 Å². The molecule has 2 aromatic carbocycles. The van der Waals surface area contributed by atoms with E-state index in [2.05, 4.69) is 0 Å². The summed E-state index contributed by atoms with van der Waals surface area (Å²) in [5.41, 5.74) is 2.65. The van der Waals surface area contributed by atoms with E-state index in [0.717, 1.165) is 9.87 Å². The highest BCUT2D eigenvalue weighted by Crippen LogP contribution is 2.36.